The number of anilines is 1. The molecule has 0 radical (unpaired) electrons. The number of carbonyl (C=O) groups excluding carboxylic acids is 1. The van der Waals surface area contributed by atoms with E-state index in [4.69, 9.17) is 0 Å². The number of aliphatic carboxylic acids is 1. The first-order chi connectivity index (χ1) is 11.2. The molecule has 132 valence electrons. The number of nitrogens with one attached hydrogen (secondary N) is 1. The van der Waals surface area contributed by atoms with Crippen LogP contribution in [0.1, 0.15) is 37.0 Å². The molecule has 1 aromatic carbocycles. The zero-order valence-corrected chi connectivity index (χ0v) is 14.6. The van der Waals surface area contributed by atoms with E-state index in [1.165, 1.54) is 11.0 Å². The van der Waals surface area contributed by atoms with Crippen molar-refractivity contribution in [3.63, 3.8) is 0 Å². The van der Waals surface area contributed by atoms with Crippen LogP contribution in [-0.4, -0.2) is 49.1 Å². The Morgan fingerprint density at radius 2 is 2.00 bits per heavy atom. The Morgan fingerprint density at radius 1 is 1.33 bits per heavy atom. The van der Waals surface area contributed by atoms with Gasteiger partial charge in [0, 0.05) is 13.1 Å². The van der Waals surface area contributed by atoms with Crippen molar-refractivity contribution in [1.82, 2.24) is 4.90 Å². The third-order valence-corrected chi connectivity index (χ3v) is 5.65. The Labute approximate surface area is 141 Å². The van der Waals surface area contributed by atoms with Crippen LogP contribution in [-0.2, 0) is 14.8 Å². The van der Waals surface area contributed by atoms with Crippen molar-refractivity contribution in [1.29, 1.82) is 0 Å². The summed E-state index contributed by atoms with van der Waals surface area (Å²) < 4.78 is 26.4. The number of likely N-dealkylation sites (tertiary alicyclic amines) is 1. The maximum atomic E-state index is 12.7. The second-order valence-corrected chi connectivity index (χ2v) is 8.15. The Hall–Kier alpha value is -2.09. The Morgan fingerprint density at radius 3 is 2.58 bits per heavy atom. The summed E-state index contributed by atoms with van der Waals surface area (Å²) in [6.45, 7) is 3.81. The van der Waals surface area contributed by atoms with E-state index in [0.717, 1.165) is 0 Å². The molecule has 2 rings (SSSR count). The van der Waals surface area contributed by atoms with Crippen LogP contribution in [0.5, 0.6) is 0 Å². The minimum absolute atomic E-state index is 0.0314. The molecule has 0 aliphatic carbocycles. The van der Waals surface area contributed by atoms with Crippen LogP contribution in [0.3, 0.4) is 0 Å². The van der Waals surface area contributed by atoms with Gasteiger partial charge in [-0.15, -0.1) is 0 Å². The molecule has 7 nitrogen and oxygen atoms in total. The molecule has 1 fully saturated rings. The number of hydrogen-bond donors (Lipinski definition) is 2. The molecular formula is C16H22N2O5S. The molecule has 1 unspecified atom stereocenters. The fourth-order valence-electron chi connectivity index (χ4n) is 2.73. The van der Waals surface area contributed by atoms with Crippen molar-refractivity contribution in [2.45, 2.75) is 26.7 Å². The molecule has 1 aliphatic rings. The number of rotatable bonds is 6. The molecular weight excluding hydrogens is 332 g/mol. The maximum Gasteiger partial charge on any atom is 0.311 e. The third kappa shape index (κ3) is 3.87. The first kappa shape index (κ1) is 18.3. The summed E-state index contributed by atoms with van der Waals surface area (Å²) in [5, 5.41) is 9.28. The predicted octanol–water partition coefficient (Wildman–Crippen LogP) is 1.78. The highest BCUT2D eigenvalue weighted by Crippen LogP contribution is 2.32. The smallest absolute Gasteiger partial charge is 0.311 e. The highest BCUT2D eigenvalue weighted by molar-refractivity contribution is 7.92. The summed E-state index contributed by atoms with van der Waals surface area (Å²) in [6, 6.07) is 6.37. The van der Waals surface area contributed by atoms with Crippen LogP contribution in [0.2, 0.25) is 0 Å². The highest BCUT2D eigenvalue weighted by Gasteiger charge is 2.42. The van der Waals surface area contributed by atoms with Crippen LogP contribution in [0.15, 0.2) is 24.3 Å². The fourth-order valence-corrected chi connectivity index (χ4v) is 3.88. The van der Waals surface area contributed by atoms with Gasteiger partial charge in [0.25, 0.3) is 5.91 Å². The lowest BCUT2D eigenvalue weighted by atomic mass is 9.90. The van der Waals surface area contributed by atoms with Gasteiger partial charge in [-0.25, -0.2) is 8.42 Å². The number of hydrogen-bond acceptors (Lipinski definition) is 4. The summed E-state index contributed by atoms with van der Waals surface area (Å²) >= 11 is 0. The van der Waals surface area contributed by atoms with Crippen LogP contribution >= 0.6 is 0 Å². The first-order valence-electron chi connectivity index (χ1n) is 7.81. The molecule has 24 heavy (non-hydrogen) atoms. The van der Waals surface area contributed by atoms with Crippen molar-refractivity contribution in [3.8, 4) is 0 Å². The molecule has 1 aliphatic heterocycles. The zero-order valence-electron chi connectivity index (χ0n) is 13.8. The number of amides is 1. The van der Waals surface area contributed by atoms with Crippen molar-refractivity contribution < 1.29 is 23.1 Å². The molecule has 0 spiro atoms. The van der Waals surface area contributed by atoms with E-state index in [0.29, 0.717) is 19.4 Å². The average molecular weight is 354 g/mol. The van der Waals surface area contributed by atoms with E-state index in [1.807, 2.05) is 0 Å². The van der Waals surface area contributed by atoms with Gasteiger partial charge in [-0.05, 0) is 31.9 Å². The lowest BCUT2D eigenvalue weighted by Crippen LogP contribution is -2.35. The molecule has 1 atom stereocenters. The minimum atomic E-state index is -3.52. The molecule has 0 bridgehead atoms. The van der Waals surface area contributed by atoms with E-state index in [2.05, 4.69) is 4.72 Å². The van der Waals surface area contributed by atoms with E-state index in [1.54, 1.807) is 32.0 Å². The van der Waals surface area contributed by atoms with Crippen molar-refractivity contribution in [2.75, 3.05) is 23.6 Å². The number of benzene rings is 1. The number of carboxylic acids is 1. The standard InChI is InChI=1S/C16H22N2O5S/c1-3-10-24(22,23)17-13-7-5-4-6-12(13)14(19)18-9-8-16(2,11-18)15(20)21/h4-7,17H,3,8-11H2,1-2H3,(H,20,21). The Balaban J connectivity index is 2.24. The number of sulfonamides is 1. The normalized spacial score (nSPS) is 20.8. The molecule has 8 heteroatoms. The lowest BCUT2D eigenvalue weighted by Gasteiger charge is -2.21. The van der Waals surface area contributed by atoms with Gasteiger partial charge in [0.2, 0.25) is 10.0 Å². The van der Waals surface area contributed by atoms with E-state index < -0.39 is 21.4 Å². The van der Waals surface area contributed by atoms with Gasteiger partial charge in [0.15, 0.2) is 0 Å². The van der Waals surface area contributed by atoms with Gasteiger partial charge in [0.05, 0.1) is 22.4 Å². The summed E-state index contributed by atoms with van der Waals surface area (Å²) in [4.78, 5) is 25.5. The van der Waals surface area contributed by atoms with Gasteiger partial charge in [-0.3, -0.25) is 14.3 Å². The maximum absolute atomic E-state index is 12.7. The van der Waals surface area contributed by atoms with Gasteiger partial charge in [0.1, 0.15) is 0 Å². The van der Waals surface area contributed by atoms with Gasteiger partial charge in [-0.1, -0.05) is 19.1 Å². The number of carbonyl (C=O) groups is 2. The largest absolute Gasteiger partial charge is 0.481 e. The molecule has 1 heterocycles. The quantitative estimate of drug-likeness (QED) is 0.810. The third-order valence-electron chi connectivity index (χ3n) is 4.17. The van der Waals surface area contributed by atoms with Crippen LogP contribution in [0, 0.1) is 5.41 Å². The second-order valence-electron chi connectivity index (χ2n) is 6.31. The molecule has 1 amide bonds. The Bertz CT molecular complexity index is 747. The molecule has 0 aromatic heterocycles. The first-order valence-corrected chi connectivity index (χ1v) is 9.46. The second kappa shape index (κ2) is 6.80. The van der Waals surface area contributed by atoms with E-state index in [-0.39, 0.29) is 29.5 Å². The fraction of sp³-hybridized carbons (Fsp3) is 0.500. The molecule has 2 N–H and O–H groups in total. The summed E-state index contributed by atoms with van der Waals surface area (Å²) in [5.41, 5.74) is -0.515. The number of para-hydroxylation sites is 1. The monoisotopic (exact) mass is 354 g/mol. The van der Waals surface area contributed by atoms with Crippen molar-refractivity contribution in [3.05, 3.63) is 29.8 Å². The Kier molecular flexibility index (Phi) is 5.17. The lowest BCUT2D eigenvalue weighted by molar-refractivity contribution is -0.147. The highest BCUT2D eigenvalue weighted by atomic mass is 32.2. The van der Waals surface area contributed by atoms with Crippen LogP contribution in [0.25, 0.3) is 0 Å². The average Bonchev–Trinajstić information content (AvgIpc) is 2.90. The van der Waals surface area contributed by atoms with E-state index >= 15 is 0 Å². The van der Waals surface area contributed by atoms with Crippen LogP contribution < -0.4 is 4.72 Å². The van der Waals surface area contributed by atoms with Crippen molar-refractivity contribution >= 4 is 27.6 Å². The van der Waals surface area contributed by atoms with Crippen molar-refractivity contribution in [2.24, 2.45) is 5.41 Å². The molecule has 0 saturated carbocycles. The summed E-state index contributed by atoms with van der Waals surface area (Å²) in [7, 11) is -3.52. The number of carboxylic acid groups (broad SMARTS) is 1. The topological polar surface area (TPSA) is 104 Å². The van der Waals surface area contributed by atoms with E-state index in [9.17, 15) is 23.1 Å². The molecule has 1 aromatic rings. The minimum Gasteiger partial charge on any atom is -0.481 e. The predicted molar refractivity (Wildman–Crippen MR) is 90.4 cm³/mol. The van der Waals surface area contributed by atoms with Gasteiger partial charge in [-0.2, -0.15) is 0 Å². The SMILES string of the molecule is CCCS(=O)(=O)Nc1ccccc1C(=O)N1CCC(C)(C(=O)O)C1. The summed E-state index contributed by atoms with van der Waals surface area (Å²) in [6.07, 6.45) is 0.840. The van der Waals surface area contributed by atoms with Crippen LogP contribution in [0.4, 0.5) is 5.69 Å². The summed E-state index contributed by atoms with van der Waals surface area (Å²) in [5.74, 6) is -1.33. The van der Waals surface area contributed by atoms with Gasteiger partial charge < -0.3 is 10.0 Å². The zero-order chi connectivity index (χ0) is 18.0. The van der Waals surface area contributed by atoms with Gasteiger partial charge >= 0.3 is 5.97 Å². The molecule has 1 saturated heterocycles. The number of nitrogens with zero attached hydrogens (tertiary/aromatic N) is 1.